The van der Waals surface area contributed by atoms with E-state index >= 15 is 0 Å². The average Bonchev–Trinajstić information content (AvgIpc) is 2.75. The number of nitrogens with zero attached hydrogens (tertiary/aromatic N) is 1. The van der Waals surface area contributed by atoms with Crippen molar-refractivity contribution in [3.8, 4) is 0 Å². The Morgan fingerprint density at radius 1 is 1.10 bits per heavy atom. The van der Waals surface area contributed by atoms with Crippen LogP contribution in [0.1, 0.15) is 5.56 Å². The SMILES string of the molecule is CNc1ccc(S(=O)(=O)NCC(=O)OCc2cccc3ccccc23)cc1[N+](=O)[O-]. The number of fused-ring (bicyclic) bond motifs is 1. The second kappa shape index (κ2) is 8.89. The molecule has 0 radical (unpaired) electrons. The summed E-state index contributed by atoms with van der Waals surface area (Å²) < 4.78 is 32.1. The molecule has 0 aliphatic carbocycles. The van der Waals surface area contributed by atoms with Crippen LogP contribution in [0.15, 0.2) is 65.6 Å². The summed E-state index contributed by atoms with van der Waals surface area (Å²) in [6.45, 7) is -0.612. The van der Waals surface area contributed by atoms with Crippen molar-refractivity contribution in [2.45, 2.75) is 11.5 Å². The van der Waals surface area contributed by atoms with Crippen molar-refractivity contribution in [1.82, 2.24) is 4.72 Å². The number of ether oxygens (including phenoxy) is 1. The molecule has 0 unspecified atom stereocenters. The predicted octanol–water partition coefficient (Wildman–Crippen LogP) is 2.81. The molecule has 9 nitrogen and oxygen atoms in total. The van der Waals surface area contributed by atoms with E-state index in [4.69, 9.17) is 4.74 Å². The Hall–Kier alpha value is -3.50. The molecule has 0 aliphatic heterocycles. The van der Waals surface area contributed by atoms with Crippen molar-refractivity contribution < 1.29 is 22.9 Å². The highest BCUT2D eigenvalue weighted by Gasteiger charge is 2.22. The molecular weight excluding hydrogens is 410 g/mol. The van der Waals surface area contributed by atoms with Crippen LogP contribution in [0.2, 0.25) is 0 Å². The van der Waals surface area contributed by atoms with Crippen LogP contribution >= 0.6 is 0 Å². The molecule has 0 spiro atoms. The van der Waals surface area contributed by atoms with Crippen molar-refractivity contribution >= 4 is 38.1 Å². The number of hydrogen-bond acceptors (Lipinski definition) is 7. The lowest BCUT2D eigenvalue weighted by molar-refractivity contribution is -0.384. The molecule has 0 aromatic heterocycles. The lowest BCUT2D eigenvalue weighted by atomic mass is 10.1. The Kier molecular flexibility index (Phi) is 6.28. The summed E-state index contributed by atoms with van der Waals surface area (Å²) in [4.78, 5) is 22.1. The number of carbonyl (C=O) groups is 1. The van der Waals surface area contributed by atoms with Gasteiger partial charge in [-0.3, -0.25) is 14.9 Å². The number of rotatable bonds is 8. The van der Waals surface area contributed by atoms with E-state index < -0.39 is 27.5 Å². The fourth-order valence-electron chi connectivity index (χ4n) is 2.91. The van der Waals surface area contributed by atoms with Gasteiger partial charge in [-0.05, 0) is 28.5 Å². The summed E-state index contributed by atoms with van der Waals surface area (Å²) in [6.07, 6.45) is 0. The highest BCUT2D eigenvalue weighted by Crippen LogP contribution is 2.27. The Morgan fingerprint density at radius 3 is 2.57 bits per heavy atom. The van der Waals surface area contributed by atoms with Gasteiger partial charge < -0.3 is 10.1 Å². The molecule has 0 saturated carbocycles. The van der Waals surface area contributed by atoms with Crippen molar-refractivity contribution in [2.75, 3.05) is 18.9 Å². The first-order chi connectivity index (χ1) is 14.3. The maximum absolute atomic E-state index is 12.4. The second-order valence-corrected chi connectivity index (χ2v) is 8.08. The largest absolute Gasteiger partial charge is 0.460 e. The molecule has 3 aromatic carbocycles. The third kappa shape index (κ3) is 4.73. The zero-order chi connectivity index (χ0) is 21.7. The molecule has 30 heavy (non-hydrogen) atoms. The van der Waals surface area contributed by atoms with E-state index in [1.54, 1.807) is 0 Å². The topological polar surface area (TPSA) is 128 Å². The molecule has 3 aromatic rings. The molecule has 0 heterocycles. The molecule has 0 atom stereocenters. The smallest absolute Gasteiger partial charge is 0.321 e. The summed E-state index contributed by atoms with van der Waals surface area (Å²) in [7, 11) is -2.65. The standard InChI is InChI=1S/C20H19N3O6S/c1-21-18-10-9-16(11-19(18)23(25)26)30(27,28)22-12-20(24)29-13-15-7-4-6-14-5-2-3-8-17(14)15/h2-11,21-22H,12-13H2,1H3. The van der Waals surface area contributed by atoms with Crippen LogP contribution in [0.5, 0.6) is 0 Å². The number of sulfonamides is 1. The molecular formula is C20H19N3O6S. The molecule has 0 fully saturated rings. The minimum atomic E-state index is -4.14. The van der Waals surface area contributed by atoms with Crippen molar-refractivity contribution in [1.29, 1.82) is 0 Å². The van der Waals surface area contributed by atoms with E-state index in [-0.39, 0.29) is 22.9 Å². The number of anilines is 1. The van der Waals surface area contributed by atoms with Gasteiger partial charge in [0.15, 0.2) is 0 Å². The van der Waals surface area contributed by atoms with E-state index in [0.717, 1.165) is 22.4 Å². The van der Waals surface area contributed by atoms with E-state index in [9.17, 15) is 23.3 Å². The van der Waals surface area contributed by atoms with Crippen LogP contribution in [0.25, 0.3) is 10.8 Å². The third-order valence-corrected chi connectivity index (χ3v) is 5.82. The van der Waals surface area contributed by atoms with Gasteiger partial charge >= 0.3 is 5.97 Å². The van der Waals surface area contributed by atoms with Crippen LogP contribution in [0.3, 0.4) is 0 Å². The minimum Gasteiger partial charge on any atom is -0.460 e. The normalized spacial score (nSPS) is 11.2. The Bertz CT molecular complexity index is 1200. The van der Waals surface area contributed by atoms with Gasteiger partial charge in [-0.15, -0.1) is 0 Å². The molecule has 0 aliphatic rings. The lowest BCUT2D eigenvalue weighted by Gasteiger charge is -2.10. The average molecular weight is 429 g/mol. The Morgan fingerprint density at radius 2 is 1.83 bits per heavy atom. The van der Waals surface area contributed by atoms with E-state index in [1.807, 2.05) is 42.5 Å². The number of nitro benzene ring substituents is 1. The predicted molar refractivity (Wildman–Crippen MR) is 112 cm³/mol. The number of benzene rings is 3. The summed E-state index contributed by atoms with van der Waals surface area (Å²) in [5.41, 5.74) is 0.579. The highest BCUT2D eigenvalue weighted by molar-refractivity contribution is 7.89. The van der Waals surface area contributed by atoms with Crippen LogP contribution < -0.4 is 10.0 Å². The van der Waals surface area contributed by atoms with E-state index in [0.29, 0.717) is 0 Å². The summed E-state index contributed by atoms with van der Waals surface area (Å²) >= 11 is 0. The zero-order valence-corrected chi connectivity index (χ0v) is 16.8. The number of hydrogen-bond donors (Lipinski definition) is 2. The molecule has 10 heteroatoms. The van der Waals surface area contributed by atoms with Crippen LogP contribution in [0, 0.1) is 10.1 Å². The first-order valence-electron chi connectivity index (χ1n) is 8.90. The number of esters is 1. The first-order valence-corrected chi connectivity index (χ1v) is 10.4. The van der Waals surface area contributed by atoms with Gasteiger partial charge in [-0.2, -0.15) is 4.72 Å². The van der Waals surface area contributed by atoms with Crippen molar-refractivity contribution in [2.24, 2.45) is 0 Å². The van der Waals surface area contributed by atoms with Gasteiger partial charge in [-0.25, -0.2) is 8.42 Å². The van der Waals surface area contributed by atoms with Gasteiger partial charge in [0.05, 0.1) is 9.82 Å². The van der Waals surface area contributed by atoms with Crippen molar-refractivity contribution in [3.63, 3.8) is 0 Å². The van der Waals surface area contributed by atoms with Crippen molar-refractivity contribution in [3.05, 3.63) is 76.3 Å². The number of carbonyl (C=O) groups excluding carboxylic acids is 1. The summed E-state index contributed by atoms with van der Waals surface area (Å²) in [5, 5.41) is 15.7. The molecule has 2 N–H and O–H groups in total. The van der Waals surface area contributed by atoms with E-state index in [2.05, 4.69) is 10.0 Å². The Labute approximate surface area is 172 Å². The van der Waals surface area contributed by atoms with Gasteiger partial charge in [0.2, 0.25) is 10.0 Å². The van der Waals surface area contributed by atoms with Crippen LogP contribution in [-0.4, -0.2) is 32.9 Å². The monoisotopic (exact) mass is 429 g/mol. The molecule has 0 saturated heterocycles. The molecule has 0 amide bonds. The third-order valence-electron chi connectivity index (χ3n) is 4.42. The van der Waals surface area contributed by atoms with Gasteiger partial charge in [0.25, 0.3) is 5.69 Å². The summed E-state index contributed by atoms with van der Waals surface area (Å²) in [5.74, 6) is -0.771. The number of nitrogens with one attached hydrogen (secondary N) is 2. The fourth-order valence-corrected chi connectivity index (χ4v) is 3.89. The molecule has 156 valence electrons. The fraction of sp³-hybridized carbons (Fsp3) is 0.150. The Balaban J connectivity index is 1.65. The second-order valence-electron chi connectivity index (χ2n) is 6.31. The van der Waals surface area contributed by atoms with Gasteiger partial charge in [0.1, 0.15) is 18.8 Å². The van der Waals surface area contributed by atoms with E-state index in [1.165, 1.54) is 19.2 Å². The molecule has 3 rings (SSSR count). The quantitative estimate of drug-likeness (QED) is 0.320. The van der Waals surface area contributed by atoms with Crippen LogP contribution in [0.4, 0.5) is 11.4 Å². The minimum absolute atomic E-state index is 0.00967. The first kappa shape index (κ1) is 21.2. The zero-order valence-electron chi connectivity index (χ0n) is 16.0. The maximum Gasteiger partial charge on any atom is 0.321 e. The number of nitro groups is 1. The maximum atomic E-state index is 12.4. The molecule has 0 bridgehead atoms. The van der Waals surface area contributed by atoms with Crippen LogP contribution in [-0.2, 0) is 26.2 Å². The van der Waals surface area contributed by atoms with Gasteiger partial charge in [-0.1, -0.05) is 42.5 Å². The van der Waals surface area contributed by atoms with Gasteiger partial charge in [0, 0.05) is 13.1 Å². The summed E-state index contributed by atoms with van der Waals surface area (Å²) in [6, 6.07) is 16.6. The lowest BCUT2D eigenvalue weighted by Crippen LogP contribution is -2.30. The highest BCUT2D eigenvalue weighted by atomic mass is 32.2.